The quantitative estimate of drug-likeness (QED) is 0.785. The van der Waals surface area contributed by atoms with E-state index in [4.69, 9.17) is 10.5 Å². The SMILES string of the molecule is CCC(Nc1sc(C(=O)OC)c(N)c1C(=O)OC)C(C)C. The molecule has 1 atom stereocenters. The normalized spacial score (nSPS) is 12.1. The number of esters is 2. The van der Waals surface area contributed by atoms with E-state index in [1.165, 1.54) is 14.2 Å². The minimum Gasteiger partial charge on any atom is -0.465 e. The summed E-state index contributed by atoms with van der Waals surface area (Å²) in [5.74, 6) is -0.765. The van der Waals surface area contributed by atoms with E-state index in [2.05, 4.69) is 23.9 Å². The molecule has 0 saturated carbocycles. The number of anilines is 2. The Bertz CT molecular complexity index is 525. The number of nitrogen functional groups attached to an aromatic ring is 1. The zero-order valence-corrected chi connectivity index (χ0v) is 13.8. The van der Waals surface area contributed by atoms with Gasteiger partial charge in [-0.2, -0.15) is 0 Å². The van der Waals surface area contributed by atoms with E-state index >= 15 is 0 Å². The molecule has 21 heavy (non-hydrogen) atoms. The molecule has 0 saturated heterocycles. The first kappa shape index (κ1) is 17.3. The van der Waals surface area contributed by atoms with E-state index < -0.39 is 11.9 Å². The van der Waals surface area contributed by atoms with E-state index in [0.29, 0.717) is 10.9 Å². The number of carbonyl (C=O) groups is 2. The Morgan fingerprint density at radius 2 is 1.81 bits per heavy atom. The summed E-state index contributed by atoms with van der Waals surface area (Å²) in [6.45, 7) is 6.21. The summed E-state index contributed by atoms with van der Waals surface area (Å²) in [6.07, 6.45) is 0.879. The molecule has 1 rings (SSSR count). The van der Waals surface area contributed by atoms with Crippen LogP contribution in [0.2, 0.25) is 0 Å². The number of hydrogen-bond acceptors (Lipinski definition) is 7. The molecule has 0 amide bonds. The van der Waals surface area contributed by atoms with Gasteiger partial charge in [-0.05, 0) is 12.3 Å². The highest BCUT2D eigenvalue weighted by atomic mass is 32.1. The minimum atomic E-state index is -0.569. The molecule has 0 aliphatic rings. The average Bonchev–Trinajstić information content (AvgIpc) is 2.79. The van der Waals surface area contributed by atoms with Crippen molar-refractivity contribution >= 4 is 34.0 Å². The Morgan fingerprint density at radius 1 is 1.24 bits per heavy atom. The molecule has 118 valence electrons. The van der Waals surface area contributed by atoms with Crippen LogP contribution in [0.3, 0.4) is 0 Å². The molecule has 3 N–H and O–H groups in total. The molecule has 1 aromatic heterocycles. The second kappa shape index (κ2) is 7.31. The highest BCUT2D eigenvalue weighted by Gasteiger charge is 2.28. The van der Waals surface area contributed by atoms with Crippen molar-refractivity contribution in [3.63, 3.8) is 0 Å². The van der Waals surface area contributed by atoms with E-state index in [1.54, 1.807) is 0 Å². The van der Waals surface area contributed by atoms with Crippen LogP contribution < -0.4 is 11.1 Å². The number of ether oxygens (including phenoxy) is 2. The fourth-order valence-electron chi connectivity index (χ4n) is 2.00. The van der Waals surface area contributed by atoms with Gasteiger partial charge in [-0.25, -0.2) is 9.59 Å². The number of methoxy groups -OCH3 is 2. The molecule has 6 nitrogen and oxygen atoms in total. The molecular weight excluding hydrogens is 292 g/mol. The molecule has 0 bridgehead atoms. The van der Waals surface area contributed by atoms with E-state index in [9.17, 15) is 9.59 Å². The number of nitrogens with one attached hydrogen (secondary N) is 1. The van der Waals surface area contributed by atoms with Gasteiger partial charge in [-0.15, -0.1) is 11.3 Å². The summed E-state index contributed by atoms with van der Waals surface area (Å²) in [4.78, 5) is 23.9. The van der Waals surface area contributed by atoms with E-state index in [0.717, 1.165) is 17.8 Å². The fourth-order valence-corrected chi connectivity index (χ4v) is 3.09. The second-order valence-electron chi connectivity index (χ2n) is 4.94. The van der Waals surface area contributed by atoms with Crippen LogP contribution in [0.25, 0.3) is 0 Å². The summed E-state index contributed by atoms with van der Waals surface area (Å²) in [5, 5.41) is 3.82. The summed E-state index contributed by atoms with van der Waals surface area (Å²) in [6, 6.07) is 0.164. The lowest BCUT2D eigenvalue weighted by molar-refractivity contribution is 0.0602. The third-order valence-corrected chi connectivity index (χ3v) is 4.38. The zero-order valence-electron chi connectivity index (χ0n) is 13.0. The molecule has 0 spiro atoms. The minimum absolute atomic E-state index is 0.0970. The molecule has 7 heteroatoms. The van der Waals surface area contributed by atoms with Crippen molar-refractivity contribution in [2.24, 2.45) is 5.92 Å². The number of thiophene rings is 1. The Hall–Kier alpha value is -1.76. The van der Waals surface area contributed by atoms with E-state index in [1.807, 2.05) is 6.92 Å². The van der Waals surface area contributed by atoms with Crippen molar-refractivity contribution < 1.29 is 19.1 Å². The standard InChI is InChI=1S/C14H22N2O4S/c1-6-8(7(2)3)16-12-9(13(17)19-4)10(15)11(21-12)14(18)20-5/h7-8,16H,6,15H2,1-5H3. The van der Waals surface area contributed by atoms with Crippen LogP contribution >= 0.6 is 11.3 Å². The first-order chi connectivity index (χ1) is 9.87. The monoisotopic (exact) mass is 314 g/mol. The topological polar surface area (TPSA) is 90.6 Å². The maximum absolute atomic E-state index is 11.9. The number of hydrogen-bond donors (Lipinski definition) is 2. The molecule has 1 unspecified atom stereocenters. The largest absolute Gasteiger partial charge is 0.465 e. The highest BCUT2D eigenvalue weighted by molar-refractivity contribution is 7.19. The van der Waals surface area contributed by atoms with Crippen molar-refractivity contribution in [1.82, 2.24) is 0 Å². The van der Waals surface area contributed by atoms with Gasteiger partial charge >= 0.3 is 11.9 Å². The third-order valence-electron chi connectivity index (χ3n) is 3.27. The lowest BCUT2D eigenvalue weighted by Crippen LogP contribution is -2.25. The summed E-state index contributed by atoms with van der Waals surface area (Å²) in [7, 11) is 2.55. The number of nitrogens with two attached hydrogens (primary N) is 1. The molecular formula is C14H22N2O4S. The van der Waals surface area contributed by atoms with Gasteiger partial charge in [0, 0.05) is 6.04 Å². The maximum Gasteiger partial charge on any atom is 0.350 e. The van der Waals surface area contributed by atoms with Gasteiger partial charge in [0.25, 0.3) is 0 Å². The van der Waals surface area contributed by atoms with Crippen LogP contribution in [0.1, 0.15) is 47.2 Å². The molecule has 0 aliphatic heterocycles. The van der Waals surface area contributed by atoms with Crippen LogP contribution in [-0.2, 0) is 9.47 Å². The van der Waals surface area contributed by atoms with Crippen LogP contribution in [-0.4, -0.2) is 32.2 Å². The third kappa shape index (κ3) is 3.66. The van der Waals surface area contributed by atoms with Crippen LogP contribution in [0.5, 0.6) is 0 Å². The predicted octanol–water partition coefficient (Wildman–Crippen LogP) is 2.75. The van der Waals surface area contributed by atoms with Gasteiger partial charge < -0.3 is 20.5 Å². The number of carbonyl (C=O) groups excluding carboxylic acids is 2. The van der Waals surface area contributed by atoms with Gasteiger partial charge in [0.05, 0.1) is 19.9 Å². The van der Waals surface area contributed by atoms with Gasteiger partial charge in [0.1, 0.15) is 15.4 Å². The Morgan fingerprint density at radius 3 is 2.24 bits per heavy atom. The zero-order chi connectivity index (χ0) is 16.2. The molecule has 0 radical (unpaired) electrons. The maximum atomic E-state index is 11.9. The van der Waals surface area contributed by atoms with E-state index in [-0.39, 0.29) is 22.2 Å². The van der Waals surface area contributed by atoms with Crippen LogP contribution in [0, 0.1) is 5.92 Å². The molecule has 0 fully saturated rings. The van der Waals surface area contributed by atoms with Crippen molar-refractivity contribution in [2.75, 3.05) is 25.3 Å². The molecule has 1 heterocycles. The van der Waals surface area contributed by atoms with Crippen LogP contribution in [0.15, 0.2) is 0 Å². The van der Waals surface area contributed by atoms with Gasteiger partial charge in [-0.3, -0.25) is 0 Å². The predicted molar refractivity (Wildman–Crippen MR) is 84.0 cm³/mol. The molecule has 0 aromatic carbocycles. The first-order valence-electron chi connectivity index (χ1n) is 6.72. The average molecular weight is 314 g/mol. The van der Waals surface area contributed by atoms with Gasteiger partial charge in [0.15, 0.2) is 0 Å². The summed E-state index contributed by atoms with van der Waals surface area (Å²) >= 11 is 1.11. The fraction of sp³-hybridized carbons (Fsp3) is 0.571. The van der Waals surface area contributed by atoms with Crippen molar-refractivity contribution in [3.05, 3.63) is 10.4 Å². The second-order valence-corrected chi connectivity index (χ2v) is 5.96. The van der Waals surface area contributed by atoms with Gasteiger partial charge in [-0.1, -0.05) is 20.8 Å². The lowest BCUT2D eigenvalue weighted by atomic mass is 10.0. The smallest absolute Gasteiger partial charge is 0.350 e. The Balaban J connectivity index is 3.29. The van der Waals surface area contributed by atoms with Crippen LogP contribution in [0.4, 0.5) is 10.7 Å². The van der Waals surface area contributed by atoms with Crippen molar-refractivity contribution in [3.8, 4) is 0 Å². The molecule has 0 aliphatic carbocycles. The highest BCUT2D eigenvalue weighted by Crippen LogP contribution is 2.37. The van der Waals surface area contributed by atoms with Crippen molar-refractivity contribution in [1.29, 1.82) is 0 Å². The number of rotatable bonds is 6. The lowest BCUT2D eigenvalue weighted by Gasteiger charge is -2.21. The summed E-state index contributed by atoms with van der Waals surface area (Å²) < 4.78 is 9.44. The van der Waals surface area contributed by atoms with Gasteiger partial charge in [0.2, 0.25) is 0 Å². The Kier molecular flexibility index (Phi) is 6.02. The first-order valence-corrected chi connectivity index (χ1v) is 7.54. The Labute approximate surface area is 128 Å². The van der Waals surface area contributed by atoms with Crippen molar-refractivity contribution in [2.45, 2.75) is 33.2 Å². The summed E-state index contributed by atoms with van der Waals surface area (Å²) in [5.41, 5.74) is 6.21. The molecule has 1 aromatic rings.